The van der Waals surface area contributed by atoms with Gasteiger partial charge in [-0.1, -0.05) is 0 Å². The summed E-state index contributed by atoms with van der Waals surface area (Å²) in [6, 6.07) is 4.87. The Kier molecular flexibility index (Phi) is 6.04. The standard InChI is InChI=1S/C23H22O11/c1-8-14(33-23-22(31)21(30)20(29)15(34-23)7-32-9(2)24)6-13-16(17(8)26)19(28)11-4-3-10(25)5-12(11)18(13)27/h3-6,15,20-23,25-26,29-31H,7H2,1-2H3/t15-,20+,21-,22-,23+/m1/s1. The Balaban J connectivity index is 1.69. The first kappa shape index (κ1) is 23.6. The van der Waals surface area contributed by atoms with E-state index in [-0.39, 0.29) is 39.3 Å². The highest BCUT2D eigenvalue weighted by molar-refractivity contribution is 6.29. The van der Waals surface area contributed by atoms with Crippen LogP contribution >= 0.6 is 0 Å². The molecular formula is C23H22O11. The van der Waals surface area contributed by atoms with Gasteiger partial charge in [0.1, 0.15) is 48.3 Å². The number of carbonyl (C=O) groups excluding carboxylic acids is 3. The average Bonchev–Trinajstić information content (AvgIpc) is 2.79. The molecule has 1 aliphatic heterocycles. The van der Waals surface area contributed by atoms with Gasteiger partial charge in [-0.3, -0.25) is 14.4 Å². The Morgan fingerprint density at radius 1 is 0.971 bits per heavy atom. The van der Waals surface area contributed by atoms with E-state index >= 15 is 0 Å². The van der Waals surface area contributed by atoms with Crippen LogP contribution in [0, 0.1) is 6.92 Å². The molecule has 0 amide bonds. The van der Waals surface area contributed by atoms with E-state index in [1.807, 2.05) is 0 Å². The summed E-state index contributed by atoms with van der Waals surface area (Å²) >= 11 is 0. The molecule has 1 fully saturated rings. The van der Waals surface area contributed by atoms with Crippen molar-refractivity contribution < 1.29 is 54.1 Å². The van der Waals surface area contributed by atoms with Gasteiger partial charge in [-0.15, -0.1) is 0 Å². The van der Waals surface area contributed by atoms with E-state index in [0.29, 0.717) is 0 Å². The molecule has 1 heterocycles. The van der Waals surface area contributed by atoms with E-state index in [0.717, 1.165) is 13.0 Å². The van der Waals surface area contributed by atoms with Gasteiger partial charge < -0.3 is 39.7 Å². The first-order chi connectivity index (χ1) is 16.0. The van der Waals surface area contributed by atoms with E-state index in [1.54, 1.807) is 0 Å². The smallest absolute Gasteiger partial charge is 0.302 e. The molecule has 11 nitrogen and oxygen atoms in total. The van der Waals surface area contributed by atoms with Crippen molar-refractivity contribution in [1.29, 1.82) is 0 Å². The summed E-state index contributed by atoms with van der Waals surface area (Å²) in [5.74, 6) is -2.80. The lowest BCUT2D eigenvalue weighted by Gasteiger charge is -2.40. The van der Waals surface area contributed by atoms with Crippen molar-refractivity contribution in [3.05, 3.63) is 52.1 Å². The third-order valence-electron chi connectivity index (χ3n) is 5.83. The summed E-state index contributed by atoms with van der Waals surface area (Å²) in [5.41, 5.74) is -0.407. The lowest BCUT2D eigenvalue weighted by atomic mass is 9.82. The Hall–Kier alpha value is -3.51. The predicted molar refractivity (Wildman–Crippen MR) is 112 cm³/mol. The van der Waals surface area contributed by atoms with Gasteiger partial charge in [-0.2, -0.15) is 0 Å². The lowest BCUT2D eigenvalue weighted by molar-refractivity contribution is -0.278. The number of aliphatic hydroxyl groups is 3. The molecule has 2 aromatic rings. The third-order valence-corrected chi connectivity index (χ3v) is 5.83. The molecule has 0 aromatic heterocycles. The van der Waals surface area contributed by atoms with Gasteiger partial charge in [-0.25, -0.2) is 0 Å². The summed E-state index contributed by atoms with van der Waals surface area (Å²) in [7, 11) is 0. The van der Waals surface area contributed by atoms with Gasteiger partial charge in [0.2, 0.25) is 6.29 Å². The second-order valence-electron chi connectivity index (χ2n) is 8.09. The van der Waals surface area contributed by atoms with Gasteiger partial charge in [0.15, 0.2) is 11.6 Å². The first-order valence-corrected chi connectivity index (χ1v) is 10.3. The maximum atomic E-state index is 13.0. The molecule has 0 unspecified atom stereocenters. The number of rotatable bonds is 4. The van der Waals surface area contributed by atoms with Crippen molar-refractivity contribution in [1.82, 2.24) is 0 Å². The molecule has 0 saturated carbocycles. The first-order valence-electron chi connectivity index (χ1n) is 10.3. The number of phenols is 2. The fourth-order valence-corrected chi connectivity index (χ4v) is 3.95. The van der Waals surface area contributed by atoms with Crippen LogP contribution in [-0.2, 0) is 14.3 Å². The van der Waals surface area contributed by atoms with Crippen LogP contribution in [0.15, 0.2) is 24.3 Å². The number of carbonyl (C=O) groups is 3. The highest BCUT2D eigenvalue weighted by Crippen LogP contribution is 2.41. The molecule has 4 rings (SSSR count). The van der Waals surface area contributed by atoms with Crippen LogP contribution in [0.3, 0.4) is 0 Å². The minimum atomic E-state index is -1.74. The van der Waals surface area contributed by atoms with Crippen molar-refractivity contribution in [2.24, 2.45) is 0 Å². The molecule has 5 atom stereocenters. The zero-order valence-electron chi connectivity index (χ0n) is 18.1. The van der Waals surface area contributed by atoms with E-state index in [4.69, 9.17) is 14.2 Å². The topological polar surface area (TPSA) is 180 Å². The summed E-state index contributed by atoms with van der Waals surface area (Å²) < 4.78 is 15.9. The van der Waals surface area contributed by atoms with E-state index in [1.165, 1.54) is 25.1 Å². The molecule has 34 heavy (non-hydrogen) atoms. The van der Waals surface area contributed by atoms with Gasteiger partial charge in [0.05, 0.1) is 5.56 Å². The van der Waals surface area contributed by atoms with Gasteiger partial charge >= 0.3 is 5.97 Å². The maximum Gasteiger partial charge on any atom is 0.302 e. The van der Waals surface area contributed by atoms with Crippen molar-refractivity contribution in [2.75, 3.05) is 6.61 Å². The Labute approximate surface area is 192 Å². The molecule has 0 bridgehead atoms. The van der Waals surface area contributed by atoms with E-state index in [9.17, 15) is 39.9 Å². The lowest BCUT2D eigenvalue weighted by Crippen LogP contribution is -2.60. The summed E-state index contributed by atoms with van der Waals surface area (Å²) in [6.07, 6.45) is -7.87. The molecule has 11 heteroatoms. The zero-order chi connectivity index (χ0) is 24.9. The van der Waals surface area contributed by atoms with Crippen LogP contribution in [0.2, 0.25) is 0 Å². The maximum absolute atomic E-state index is 13.0. The number of hydrogen-bond acceptors (Lipinski definition) is 11. The number of ketones is 2. The number of aromatic hydroxyl groups is 2. The van der Waals surface area contributed by atoms with Crippen molar-refractivity contribution in [3.8, 4) is 17.2 Å². The van der Waals surface area contributed by atoms with Crippen LogP contribution in [0.25, 0.3) is 0 Å². The molecule has 5 N–H and O–H groups in total. The number of hydrogen-bond donors (Lipinski definition) is 5. The molecular weight excluding hydrogens is 452 g/mol. The summed E-state index contributed by atoms with van der Waals surface area (Å²) in [5, 5.41) is 51.1. The van der Waals surface area contributed by atoms with E-state index < -0.39 is 60.6 Å². The summed E-state index contributed by atoms with van der Waals surface area (Å²) in [6.45, 7) is 2.12. The number of fused-ring (bicyclic) bond motifs is 2. The normalized spacial score (nSPS) is 26.0. The number of benzene rings is 2. The molecule has 1 aliphatic carbocycles. The van der Waals surface area contributed by atoms with E-state index in [2.05, 4.69) is 0 Å². The minimum Gasteiger partial charge on any atom is -0.508 e. The third kappa shape index (κ3) is 3.88. The minimum absolute atomic E-state index is 0.0233. The number of esters is 1. The molecule has 180 valence electrons. The second-order valence-corrected chi connectivity index (χ2v) is 8.09. The predicted octanol–water partition coefficient (Wildman–Crippen LogP) is -0.0689. The monoisotopic (exact) mass is 474 g/mol. The Bertz CT molecular complexity index is 1190. The number of aliphatic hydroxyl groups excluding tert-OH is 3. The molecule has 2 aliphatic rings. The number of ether oxygens (including phenoxy) is 3. The summed E-state index contributed by atoms with van der Waals surface area (Å²) in [4.78, 5) is 37.1. The van der Waals surface area contributed by atoms with Crippen molar-refractivity contribution in [2.45, 2.75) is 44.6 Å². The Morgan fingerprint density at radius 2 is 1.68 bits per heavy atom. The Morgan fingerprint density at radius 3 is 2.35 bits per heavy atom. The van der Waals surface area contributed by atoms with Gasteiger partial charge in [0.25, 0.3) is 0 Å². The van der Waals surface area contributed by atoms with Crippen LogP contribution < -0.4 is 4.74 Å². The van der Waals surface area contributed by atoms with Crippen LogP contribution in [0.5, 0.6) is 17.2 Å². The molecule has 0 spiro atoms. The van der Waals surface area contributed by atoms with Crippen molar-refractivity contribution >= 4 is 17.5 Å². The van der Waals surface area contributed by atoms with Crippen molar-refractivity contribution in [3.63, 3.8) is 0 Å². The molecule has 0 radical (unpaired) electrons. The average molecular weight is 474 g/mol. The van der Waals surface area contributed by atoms with Crippen LogP contribution in [0.4, 0.5) is 0 Å². The molecule has 2 aromatic carbocycles. The highest BCUT2D eigenvalue weighted by atomic mass is 16.7. The SMILES string of the molecule is CC(=O)OC[C@H]1O[C@H](Oc2cc3c(c(O)c2C)C(=O)c2ccc(O)cc2C3=O)[C@H](O)[C@H](O)[C@H]1O. The quantitative estimate of drug-likeness (QED) is 0.319. The fourth-order valence-electron chi connectivity index (χ4n) is 3.95. The number of phenolic OH excluding ortho intramolecular Hbond substituents is 2. The second kappa shape index (κ2) is 8.69. The highest BCUT2D eigenvalue weighted by Gasteiger charge is 2.46. The van der Waals surface area contributed by atoms with Gasteiger partial charge in [-0.05, 0) is 31.2 Å². The fraction of sp³-hybridized carbons (Fsp3) is 0.348. The zero-order valence-corrected chi connectivity index (χ0v) is 18.1. The van der Waals surface area contributed by atoms with Crippen LogP contribution in [-0.4, -0.2) is 80.4 Å². The largest absolute Gasteiger partial charge is 0.508 e. The van der Waals surface area contributed by atoms with Crippen LogP contribution in [0.1, 0.15) is 44.3 Å². The van der Waals surface area contributed by atoms with Gasteiger partial charge in [0, 0.05) is 29.2 Å². The molecule has 1 saturated heterocycles.